The van der Waals surface area contributed by atoms with Crippen LogP contribution in [0.1, 0.15) is 46.5 Å². The van der Waals surface area contributed by atoms with Crippen molar-refractivity contribution >= 4 is 0 Å². The third-order valence-electron chi connectivity index (χ3n) is 2.70. The van der Waals surface area contributed by atoms with Crippen molar-refractivity contribution in [3.05, 3.63) is 0 Å². The largest absolute Gasteiger partial charge is 0.312 e. The molecule has 0 amide bonds. The summed E-state index contributed by atoms with van der Waals surface area (Å²) in [7, 11) is 0. The van der Waals surface area contributed by atoms with Gasteiger partial charge in [0, 0.05) is 12.1 Å². The van der Waals surface area contributed by atoms with Crippen LogP contribution in [0.25, 0.3) is 0 Å². The molecule has 1 aliphatic carbocycles. The second kappa shape index (κ2) is 4.10. The summed E-state index contributed by atoms with van der Waals surface area (Å²) in [5, 5.41) is 3.58. The third kappa shape index (κ3) is 2.82. The molecule has 1 nitrogen and oxygen atoms in total. The van der Waals surface area contributed by atoms with Crippen LogP contribution in [-0.2, 0) is 0 Å². The van der Waals surface area contributed by atoms with E-state index in [1.54, 1.807) is 0 Å². The molecule has 1 saturated carbocycles. The highest BCUT2D eigenvalue weighted by Crippen LogP contribution is 2.27. The van der Waals surface area contributed by atoms with E-state index >= 15 is 0 Å². The summed E-state index contributed by atoms with van der Waals surface area (Å²) in [6, 6.07) is 1.38. The quantitative estimate of drug-likeness (QED) is 0.660. The van der Waals surface area contributed by atoms with Gasteiger partial charge in [0.1, 0.15) is 0 Å². The molecule has 0 unspecified atom stereocenters. The molecule has 0 aromatic carbocycles. The molecule has 0 spiro atoms. The Bertz CT molecular complexity index is 103. The van der Waals surface area contributed by atoms with Gasteiger partial charge in [-0.15, -0.1) is 0 Å². The van der Waals surface area contributed by atoms with Gasteiger partial charge in [-0.2, -0.15) is 0 Å². The summed E-state index contributed by atoms with van der Waals surface area (Å²) in [5.41, 5.74) is 0. The zero-order valence-electron chi connectivity index (χ0n) is 8.06. The van der Waals surface area contributed by atoms with Gasteiger partial charge in [0.05, 0.1) is 0 Å². The van der Waals surface area contributed by atoms with E-state index in [1.165, 1.54) is 25.7 Å². The zero-order valence-corrected chi connectivity index (χ0v) is 8.06. The molecule has 1 aliphatic rings. The first-order valence-corrected chi connectivity index (χ1v) is 4.96. The maximum Gasteiger partial charge on any atom is 0.00693 e. The molecule has 1 rings (SSSR count). The first-order chi connectivity index (χ1) is 5.20. The average Bonchev–Trinajstić information content (AvgIpc) is 2.35. The lowest BCUT2D eigenvalue weighted by Crippen LogP contribution is -2.37. The lowest BCUT2D eigenvalue weighted by Gasteiger charge is -2.22. The van der Waals surface area contributed by atoms with E-state index in [0.717, 1.165) is 12.0 Å². The van der Waals surface area contributed by atoms with Crippen LogP contribution in [0, 0.1) is 5.92 Å². The Balaban J connectivity index is 2.22. The van der Waals surface area contributed by atoms with Crippen molar-refractivity contribution in [3.63, 3.8) is 0 Å². The number of hydrogen-bond acceptors (Lipinski definition) is 1. The topological polar surface area (TPSA) is 12.0 Å². The van der Waals surface area contributed by atoms with Crippen LogP contribution in [-0.4, -0.2) is 12.1 Å². The Kier molecular flexibility index (Phi) is 3.38. The first-order valence-electron chi connectivity index (χ1n) is 4.96. The fourth-order valence-corrected chi connectivity index (χ4v) is 2.12. The van der Waals surface area contributed by atoms with Crippen molar-refractivity contribution in [2.24, 2.45) is 5.92 Å². The Hall–Kier alpha value is -0.0400. The highest BCUT2D eigenvalue weighted by Gasteiger charge is 2.21. The summed E-state index contributed by atoms with van der Waals surface area (Å²) in [4.78, 5) is 0. The van der Waals surface area contributed by atoms with Crippen LogP contribution < -0.4 is 5.32 Å². The molecule has 1 heteroatoms. The van der Waals surface area contributed by atoms with Crippen LogP contribution in [0.15, 0.2) is 0 Å². The summed E-state index contributed by atoms with van der Waals surface area (Å²) < 4.78 is 0. The average molecular weight is 155 g/mol. The molecule has 0 heterocycles. The molecule has 0 aromatic heterocycles. The molecule has 1 atom stereocenters. The highest BCUT2D eigenvalue weighted by atomic mass is 14.9. The second-order valence-electron chi connectivity index (χ2n) is 4.15. The van der Waals surface area contributed by atoms with Crippen LogP contribution in [0.5, 0.6) is 0 Å². The van der Waals surface area contributed by atoms with E-state index in [0.29, 0.717) is 6.04 Å². The Labute approximate surface area is 70.6 Å². The van der Waals surface area contributed by atoms with E-state index in [-0.39, 0.29) is 0 Å². The predicted molar refractivity (Wildman–Crippen MR) is 49.7 cm³/mol. The van der Waals surface area contributed by atoms with Crippen molar-refractivity contribution in [2.75, 3.05) is 0 Å². The molecular formula is C10H21N. The third-order valence-corrected chi connectivity index (χ3v) is 2.70. The zero-order chi connectivity index (χ0) is 8.27. The molecule has 1 fully saturated rings. The van der Waals surface area contributed by atoms with Crippen molar-refractivity contribution in [1.29, 1.82) is 0 Å². The Morgan fingerprint density at radius 1 is 1.09 bits per heavy atom. The smallest absolute Gasteiger partial charge is 0.00693 e. The van der Waals surface area contributed by atoms with Gasteiger partial charge in [0.2, 0.25) is 0 Å². The van der Waals surface area contributed by atoms with Gasteiger partial charge < -0.3 is 5.32 Å². The van der Waals surface area contributed by atoms with Crippen molar-refractivity contribution in [1.82, 2.24) is 5.32 Å². The summed E-state index contributed by atoms with van der Waals surface area (Å²) in [6.45, 7) is 6.78. The monoisotopic (exact) mass is 155 g/mol. The normalized spacial score (nSPS) is 22.9. The van der Waals surface area contributed by atoms with Gasteiger partial charge in [-0.05, 0) is 25.7 Å². The Morgan fingerprint density at radius 2 is 1.64 bits per heavy atom. The SMILES string of the molecule is CC(C)N[C@@H](C)C1CCCC1. The molecule has 0 aliphatic heterocycles. The van der Waals surface area contributed by atoms with E-state index in [4.69, 9.17) is 0 Å². The van der Waals surface area contributed by atoms with Gasteiger partial charge in [0.25, 0.3) is 0 Å². The predicted octanol–water partition coefficient (Wildman–Crippen LogP) is 2.56. The highest BCUT2D eigenvalue weighted by molar-refractivity contribution is 4.78. The fraction of sp³-hybridized carbons (Fsp3) is 1.00. The van der Waals surface area contributed by atoms with E-state index < -0.39 is 0 Å². The minimum Gasteiger partial charge on any atom is -0.312 e. The van der Waals surface area contributed by atoms with E-state index in [9.17, 15) is 0 Å². The second-order valence-corrected chi connectivity index (χ2v) is 4.15. The number of rotatable bonds is 3. The van der Waals surface area contributed by atoms with Gasteiger partial charge in [-0.25, -0.2) is 0 Å². The molecule has 0 aromatic rings. The van der Waals surface area contributed by atoms with Gasteiger partial charge in [-0.3, -0.25) is 0 Å². The van der Waals surface area contributed by atoms with Crippen molar-refractivity contribution in [2.45, 2.75) is 58.5 Å². The fourth-order valence-electron chi connectivity index (χ4n) is 2.12. The molecule has 1 N–H and O–H groups in total. The molecule has 0 radical (unpaired) electrons. The Morgan fingerprint density at radius 3 is 2.09 bits per heavy atom. The molecular weight excluding hydrogens is 134 g/mol. The first kappa shape index (κ1) is 9.05. The summed E-state index contributed by atoms with van der Waals surface area (Å²) >= 11 is 0. The standard InChI is InChI=1S/C10H21N/c1-8(2)11-9(3)10-6-4-5-7-10/h8-11H,4-7H2,1-3H3/t9-/m0/s1. The van der Waals surface area contributed by atoms with E-state index in [2.05, 4.69) is 26.1 Å². The van der Waals surface area contributed by atoms with Crippen molar-refractivity contribution in [3.8, 4) is 0 Å². The van der Waals surface area contributed by atoms with Crippen LogP contribution in [0.3, 0.4) is 0 Å². The minimum atomic E-state index is 0.644. The maximum atomic E-state index is 3.58. The van der Waals surface area contributed by atoms with Crippen LogP contribution in [0.2, 0.25) is 0 Å². The molecule has 0 bridgehead atoms. The molecule has 66 valence electrons. The molecule has 11 heavy (non-hydrogen) atoms. The van der Waals surface area contributed by atoms with Crippen LogP contribution >= 0.6 is 0 Å². The van der Waals surface area contributed by atoms with Gasteiger partial charge in [-0.1, -0.05) is 26.7 Å². The lowest BCUT2D eigenvalue weighted by molar-refractivity contribution is 0.358. The summed E-state index contributed by atoms with van der Waals surface area (Å²) in [6.07, 6.45) is 5.80. The maximum absolute atomic E-state index is 3.58. The van der Waals surface area contributed by atoms with Gasteiger partial charge in [0.15, 0.2) is 0 Å². The number of hydrogen-bond donors (Lipinski definition) is 1. The number of nitrogens with one attached hydrogen (secondary N) is 1. The summed E-state index contributed by atoms with van der Waals surface area (Å²) in [5.74, 6) is 0.956. The van der Waals surface area contributed by atoms with Gasteiger partial charge >= 0.3 is 0 Å². The van der Waals surface area contributed by atoms with Crippen LogP contribution in [0.4, 0.5) is 0 Å². The molecule has 0 saturated heterocycles. The van der Waals surface area contributed by atoms with Crippen molar-refractivity contribution < 1.29 is 0 Å². The lowest BCUT2D eigenvalue weighted by atomic mass is 9.99. The van der Waals surface area contributed by atoms with E-state index in [1.807, 2.05) is 0 Å². The minimum absolute atomic E-state index is 0.644.